The molecule has 2 rings (SSSR count). The highest BCUT2D eigenvalue weighted by Crippen LogP contribution is 2.32. The summed E-state index contributed by atoms with van der Waals surface area (Å²) < 4.78 is 27.3. The zero-order valence-electron chi connectivity index (χ0n) is 14.3. The Hall–Kier alpha value is -1.40. The molecule has 0 aromatic heterocycles. The molecule has 0 saturated carbocycles. The molecule has 0 spiro atoms. The summed E-state index contributed by atoms with van der Waals surface area (Å²) in [4.78, 5) is 12.0. The van der Waals surface area contributed by atoms with Gasteiger partial charge in [0.2, 0.25) is 15.9 Å². The lowest BCUT2D eigenvalue weighted by Gasteiger charge is -2.41. The summed E-state index contributed by atoms with van der Waals surface area (Å²) in [5, 5.41) is 2.94. The molecule has 1 aromatic rings. The Morgan fingerprint density at radius 1 is 1.30 bits per heavy atom. The number of nitrogens with zero attached hydrogens (tertiary/aromatic N) is 1. The molecule has 0 bridgehead atoms. The fourth-order valence-electron chi connectivity index (χ4n) is 3.05. The van der Waals surface area contributed by atoms with Gasteiger partial charge in [0.05, 0.1) is 4.90 Å². The molecule has 1 saturated heterocycles. The summed E-state index contributed by atoms with van der Waals surface area (Å²) in [7, 11) is -3.54. The molecular weight excluding hydrogens is 312 g/mol. The van der Waals surface area contributed by atoms with Gasteiger partial charge in [0, 0.05) is 25.6 Å². The van der Waals surface area contributed by atoms with E-state index in [9.17, 15) is 13.2 Å². The minimum absolute atomic E-state index is 0.0413. The van der Waals surface area contributed by atoms with Crippen LogP contribution in [0.15, 0.2) is 29.2 Å². The molecule has 1 atom stereocenters. The lowest BCUT2D eigenvalue weighted by Crippen LogP contribution is -2.55. The molecule has 0 aliphatic carbocycles. The maximum atomic E-state index is 12.9. The lowest BCUT2D eigenvalue weighted by atomic mass is 9.82. The number of nitrogens with one attached hydrogen (secondary N) is 1. The zero-order valence-corrected chi connectivity index (χ0v) is 15.1. The van der Waals surface area contributed by atoms with Crippen LogP contribution in [0, 0.1) is 12.3 Å². The van der Waals surface area contributed by atoms with Crippen molar-refractivity contribution >= 4 is 15.9 Å². The van der Waals surface area contributed by atoms with Gasteiger partial charge in [-0.15, -0.1) is 0 Å². The van der Waals surface area contributed by atoms with Crippen molar-refractivity contribution in [3.05, 3.63) is 29.8 Å². The molecule has 0 radical (unpaired) electrons. The molecule has 6 heteroatoms. The molecular formula is C17H26N2O3S. The smallest absolute Gasteiger partial charge is 0.243 e. The molecule has 128 valence electrons. The standard InChI is InChI=1S/C17H26N2O3S/c1-5-16(20)18-14-10-17(3,4)12-19(11-14)23(21,22)15-8-6-13(2)7-9-15/h6-9,14H,5,10-12H2,1-4H3,(H,18,20). The van der Waals surface area contributed by atoms with E-state index in [2.05, 4.69) is 5.32 Å². The number of piperidine rings is 1. The number of rotatable bonds is 4. The molecule has 1 unspecified atom stereocenters. The van der Waals surface area contributed by atoms with E-state index in [-0.39, 0.29) is 17.4 Å². The minimum Gasteiger partial charge on any atom is -0.352 e. The molecule has 5 nitrogen and oxygen atoms in total. The fourth-order valence-corrected chi connectivity index (χ4v) is 4.73. The largest absolute Gasteiger partial charge is 0.352 e. The number of sulfonamides is 1. The molecule has 1 aliphatic heterocycles. The van der Waals surface area contributed by atoms with Crippen LogP contribution in [0.1, 0.15) is 39.2 Å². The Kier molecular flexibility index (Phi) is 5.16. The zero-order chi connectivity index (χ0) is 17.3. The average molecular weight is 338 g/mol. The van der Waals surface area contributed by atoms with Crippen molar-refractivity contribution in [2.45, 2.75) is 51.5 Å². The second-order valence-electron chi connectivity index (χ2n) is 7.10. The van der Waals surface area contributed by atoms with E-state index < -0.39 is 10.0 Å². The quantitative estimate of drug-likeness (QED) is 0.916. The van der Waals surface area contributed by atoms with Crippen LogP contribution in [0.3, 0.4) is 0 Å². The van der Waals surface area contributed by atoms with Crippen LogP contribution in [0.2, 0.25) is 0 Å². The molecule has 1 amide bonds. The van der Waals surface area contributed by atoms with E-state index in [0.717, 1.165) is 12.0 Å². The number of aryl methyl sites for hydroxylation is 1. The van der Waals surface area contributed by atoms with Crippen molar-refractivity contribution in [1.29, 1.82) is 0 Å². The number of hydrogen-bond donors (Lipinski definition) is 1. The third kappa shape index (κ3) is 4.32. The van der Waals surface area contributed by atoms with Crippen molar-refractivity contribution in [2.75, 3.05) is 13.1 Å². The predicted octanol–water partition coefficient (Wildman–Crippen LogP) is 2.31. The first-order chi connectivity index (χ1) is 10.6. The number of carbonyl (C=O) groups excluding carboxylic acids is 1. The van der Waals surface area contributed by atoms with E-state index in [0.29, 0.717) is 24.4 Å². The Balaban J connectivity index is 2.26. The summed E-state index contributed by atoms with van der Waals surface area (Å²) in [6.45, 7) is 8.58. The second kappa shape index (κ2) is 6.61. The van der Waals surface area contributed by atoms with Crippen molar-refractivity contribution in [2.24, 2.45) is 5.41 Å². The minimum atomic E-state index is -3.54. The Labute approximate surface area is 139 Å². The van der Waals surface area contributed by atoms with E-state index in [4.69, 9.17) is 0 Å². The van der Waals surface area contributed by atoms with Crippen LogP contribution in [-0.2, 0) is 14.8 Å². The van der Waals surface area contributed by atoms with Gasteiger partial charge in [-0.1, -0.05) is 38.5 Å². The third-order valence-corrected chi connectivity index (χ3v) is 6.00. The van der Waals surface area contributed by atoms with Crippen LogP contribution >= 0.6 is 0 Å². The molecule has 1 heterocycles. The number of amides is 1. The average Bonchev–Trinajstić information content (AvgIpc) is 2.45. The topological polar surface area (TPSA) is 66.5 Å². The third-order valence-electron chi connectivity index (χ3n) is 4.17. The number of benzene rings is 1. The van der Waals surface area contributed by atoms with Gasteiger partial charge < -0.3 is 5.32 Å². The van der Waals surface area contributed by atoms with Crippen molar-refractivity contribution in [1.82, 2.24) is 9.62 Å². The first-order valence-corrected chi connectivity index (χ1v) is 9.44. The molecule has 1 aliphatic rings. The van der Waals surface area contributed by atoms with Gasteiger partial charge in [0.1, 0.15) is 0 Å². The molecule has 1 N–H and O–H groups in total. The second-order valence-corrected chi connectivity index (χ2v) is 9.03. The van der Waals surface area contributed by atoms with Crippen molar-refractivity contribution < 1.29 is 13.2 Å². The van der Waals surface area contributed by atoms with Gasteiger partial charge in [-0.3, -0.25) is 4.79 Å². The fraction of sp³-hybridized carbons (Fsp3) is 0.588. The molecule has 1 aromatic carbocycles. The van der Waals surface area contributed by atoms with Gasteiger partial charge in [-0.25, -0.2) is 8.42 Å². The normalized spacial score (nSPS) is 21.8. The summed E-state index contributed by atoms with van der Waals surface area (Å²) in [6, 6.07) is 6.75. The highest BCUT2D eigenvalue weighted by molar-refractivity contribution is 7.89. The van der Waals surface area contributed by atoms with Crippen LogP contribution in [-0.4, -0.2) is 37.8 Å². The van der Waals surface area contributed by atoms with Crippen LogP contribution in [0.25, 0.3) is 0 Å². The monoisotopic (exact) mass is 338 g/mol. The van der Waals surface area contributed by atoms with E-state index in [1.165, 1.54) is 4.31 Å². The van der Waals surface area contributed by atoms with E-state index >= 15 is 0 Å². The number of carbonyl (C=O) groups is 1. The van der Waals surface area contributed by atoms with Gasteiger partial charge in [0.25, 0.3) is 0 Å². The van der Waals surface area contributed by atoms with Gasteiger partial charge >= 0.3 is 0 Å². The first kappa shape index (κ1) is 17.9. The SMILES string of the molecule is CCC(=O)NC1CN(S(=O)(=O)c2ccc(C)cc2)CC(C)(C)C1. The van der Waals surface area contributed by atoms with Crippen molar-refractivity contribution in [3.63, 3.8) is 0 Å². The van der Waals surface area contributed by atoms with Gasteiger partial charge in [0.15, 0.2) is 0 Å². The van der Waals surface area contributed by atoms with Crippen LogP contribution in [0.4, 0.5) is 0 Å². The Bertz CT molecular complexity index is 666. The highest BCUT2D eigenvalue weighted by Gasteiger charge is 2.39. The van der Waals surface area contributed by atoms with Crippen LogP contribution < -0.4 is 5.32 Å². The van der Waals surface area contributed by atoms with Gasteiger partial charge in [-0.2, -0.15) is 4.31 Å². The summed E-state index contributed by atoms with van der Waals surface area (Å²) >= 11 is 0. The summed E-state index contributed by atoms with van der Waals surface area (Å²) in [5.41, 5.74) is 0.845. The predicted molar refractivity (Wildman–Crippen MR) is 90.6 cm³/mol. The first-order valence-electron chi connectivity index (χ1n) is 8.00. The summed E-state index contributed by atoms with van der Waals surface area (Å²) in [5.74, 6) is -0.0413. The van der Waals surface area contributed by atoms with Crippen molar-refractivity contribution in [3.8, 4) is 0 Å². The lowest BCUT2D eigenvalue weighted by molar-refractivity contribution is -0.122. The van der Waals surface area contributed by atoms with Crippen LogP contribution in [0.5, 0.6) is 0 Å². The summed E-state index contributed by atoms with van der Waals surface area (Å²) in [6.07, 6.45) is 1.18. The Morgan fingerprint density at radius 2 is 1.91 bits per heavy atom. The Morgan fingerprint density at radius 3 is 2.48 bits per heavy atom. The van der Waals surface area contributed by atoms with E-state index in [1.807, 2.05) is 20.8 Å². The maximum absolute atomic E-state index is 12.9. The van der Waals surface area contributed by atoms with Gasteiger partial charge in [-0.05, 0) is 30.9 Å². The molecule has 1 fully saturated rings. The molecule has 23 heavy (non-hydrogen) atoms. The maximum Gasteiger partial charge on any atom is 0.243 e. The highest BCUT2D eigenvalue weighted by atomic mass is 32.2. The number of hydrogen-bond acceptors (Lipinski definition) is 3. The van der Waals surface area contributed by atoms with E-state index in [1.54, 1.807) is 31.2 Å².